The van der Waals surface area contributed by atoms with E-state index in [1.54, 1.807) is 0 Å². The average Bonchev–Trinajstić information content (AvgIpc) is 2.81. The lowest BCUT2D eigenvalue weighted by Gasteiger charge is -2.20. The highest BCUT2D eigenvalue weighted by Gasteiger charge is 2.18. The standard InChI is InChI=1S/C16H22N2O3/c19-15(18-8-3-1-2-4-9-18)11-17-10-13-6-5-7-14-16(13)21-12-20-14/h5-7,17H,1-4,8-12H2. The van der Waals surface area contributed by atoms with E-state index >= 15 is 0 Å². The molecule has 5 heteroatoms. The normalized spacial score (nSPS) is 17.6. The summed E-state index contributed by atoms with van der Waals surface area (Å²) in [6.07, 6.45) is 4.74. The summed E-state index contributed by atoms with van der Waals surface area (Å²) in [5, 5.41) is 3.22. The molecule has 1 fully saturated rings. The first-order valence-electron chi connectivity index (χ1n) is 7.70. The number of ether oxygens (including phenoxy) is 2. The van der Waals surface area contributed by atoms with Crippen LogP contribution in [-0.2, 0) is 11.3 Å². The molecule has 1 N–H and O–H groups in total. The molecule has 3 rings (SSSR count). The summed E-state index contributed by atoms with van der Waals surface area (Å²) in [6, 6.07) is 5.84. The minimum atomic E-state index is 0.196. The SMILES string of the molecule is O=C(CNCc1cccc2c1OCO2)N1CCCCCC1. The van der Waals surface area contributed by atoms with Crippen LogP contribution in [-0.4, -0.2) is 37.2 Å². The lowest BCUT2D eigenvalue weighted by atomic mass is 10.2. The molecule has 1 amide bonds. The number of rotatable bonds is 4. The zero-order chi connectivity index (χ0) is 14.5. The number of benzene rings is 1. The molecule has 2 aliphatic heterocycles. The van der Waals surface area contributed by atoms with Crippen molar-refractivity contribution in [3.05, 3.63) is 23.8 Å². The Morgan fingerprint density at radius 1 is 1.14 bits per heavy atom. The van der Waals surface area contributed by atoms with Crippen molar-refractivity contribution in [2.45, 2.75) is 32.2 Å². The molecule has 1 saturated heterocycles. The maximum atomic E-state index is 12.2. The lowest BCUT2D eigenvalue weighted by molar-refractivity contribution is -0.130. The molecule has 0 atom stereocenters. The van der Waals surface area contributed by atoms with Crippen molar-refractivity contribution in [3.63, 3.8) is 0 Å². The molecule has 0 aliphatic carbocycles. The molecule has 1 aromatic carbocycles. The van der Waals surface area contributed by atoms with E-state index in [0.29, 0.717) is 13.1 Å². The fraction of sp³-hybridized carbons (Fsp3) is 0.562. The Morgan fingerprint density at radius 2 is 1.95 bits per heavy atom. The second kappa shape index (κ2) is 6.80. The lowest BCUT2D eigenvalue weighted by Crippen LogP contribution is -2.38. The molecule has 0 saturated carbocycles. The second-order valence-electron chi connectivity index (χ2n) is 5.55. The van der Waals surface area contributed by atoms with Gasteiger partial charge >= 0.3 is 0 Å². The summed E-state index contributed by atoms with van der Waals surface area (Å²) in [5.41, 5.74) is 1.04. The predicted molar refractivity (Wildman–Crippen MR) is 79.3 cm³/mol. The number of fused-ring (bicyclic) bond motifs is 1. The molecule has 0 bridgehead atoms. The Hall–Kier alpha value is -1.75. The van der Waals surface area contributed by atoms with Crippen LogP contribution in [0.2, 0.25) is 0 Å². The molecule has 1 aromatic rings. The highest BCUT2D eigenvalue weighted by Crippen LogP contribution is 2.35. The molecule has 0 aromatic heterocycles. The molecule has 2 heterocycles. The van der Waals surface area contributed by atoms with Gasteiger partial charge in [-0.1, -0.05) is 25.0 Å². The monoisotopic (exact) mass is 290 g/mol. The molecule has 0 spiro atoms. The maximum absolute atomic E-state index is 12.2. The number of carbonyl (C=O) groups excluding carboxylic acids is 1. The Balaban J connectivity index is 1.49. The number of likely N-dealkylation sites (tertiary alicyclic amines) is 1. The Morgan fingerprint density at radius 3 is 2.76 bits per heavy atom. The average molecular weight is 290 g/mol. The number of nitrogens with zero attached hydrogens (tertiary/aromatic N) is 1. The van der Waals surface area contributed by atoms with E-state index < -0.39 is 0 Å². The largest absolute Gasteiger partial charge is 0.454 e. The highest BCUT2D eigenvalue weighted by molar-refractivity contribution is 5.78. The van der Waals surface area contributed by atoms with Gasteiger partial charge in [-0.25, -0.2) is 0 Å². The third-order valence-electron chi connectivity index (χ3n) is 4.03. The van der Waals surface area contributed by atoms with Crippen LogP contribution in [0.5, 0.6) is 11.5 Å². The highest BCUT2D eigenvalue weighted by atomic mass is 16.7. The van der Waals surface area contributed by atoms with Gasteiger partial charge in [-0.05, 0) is 18.9 Å². The molecule has 0 unspecified atom stereocenters. The summed E-state index contributed by atoms with van der Waals surface area (Å²) in [5.74, 6) is 1.78. The van der Waals surface area contributed by atoms with Gasteiger partial charge < -0.3 is 19.7 Å². The van der Waals surface area contributed by atoms with Crippen molar-refractivity contribution >= 4 is 5.91 Å². The maximum Gasteiger partial charge on any atom is 0.236 e. The molecule has 0 radical (unpaired) electrons. The Labute approximate surface area is 125 Å². The number of nitrogens with one attached hydrogen (secondary N) is 1. The van der Waals surface area contributed by atoms with Crippen LogP contribution in [0.4, 0.5) is 0 Å². The van der Waals surface area contributed by atoms with Gasteiger partial charge in [-0.3, -0.25) is 4.79 Å². The van der Waals surface area contributed by atoms with E-state index in [1.807, 2.05) is 23.1 Å². The number of hydrogen-bond acceptors (Lipinski definition) is 4. The summed E-state index contributed by atoms with van der Waals surface area (Å²) in [7, 11) is 0. The van der Waals surface area contributed by atoms with E-state index in [1.165, 1.54) is 12.8 Å². The van der Waals surface area contributed by atoms with Crippen LogP contribution >= 0.6 is 0 Å². The summed E-state index contributed by atoms with van der Waals surface area (Å²) in [6.45, 7) is 3.08. The number of hydrogen-bond donors (Lipinski definition) is 1. The van der Waals surface area contributed by atoms with Gasteiger partial charge in [-0.15, -0.1) is 0 Å². The first-order valence-corrected chi connectivity index (χ1v) is 7.70. The van der Waals surface area contributed by atoms with Gasteiger partial charge in [0.05, 0.1) is 6.54 Å². The van der Waals surface area contributed by atoms with Gasteiger partial charge in [0.2, 0.25) is 12.7 Å². The van der Waals surface area contributed by atoms with Crippen LogP contribution in [0.25, 0.3) is 0 Å². The van der Waals surface area contributed by atoms with Crippen molar-refractivity contribution in [2.75, 3.05) is 26.4 Å². The van der Waals surface area contributed by atoms with E-state index in [-0.39, 0.29) is 12.7 Å². The zero-order valence-electron chi connectivity index (χ0n) is 12.3. The number of amides is 1. The Bertz CT molecular complexity index is 496. The van der Waals surface area contributed by atoms with Gasteiger partial charge in [0.15, 0.2) is 11.5 Å². The first-order chi connectivity index (χ1) is 10.3. The van der Waals surface area contributed by atoms with E-state index in [0.717, 1.165) is 43.0 Å². The molecule has 2 aliphatic rings. The van der Waals surface area contributed by atoms with Crippen LogP contribution in [0, 0.1) is 0 Å². The Kier molecular flexibility index (Phi) is 4.60. The zero-order valence-corrected chi connectivity index (χ0v) is 12.3. The molecular formula is C16H22N2O3. The topological polar surface area (TPSA) is 50.8 Å². The predicted octanol–water partition coefficient (Wildman–Crippen LogP) is 1.91. The van der Waals surface area contributed by atoms with Crippen molar-refractivity contribution in [3.8, 4) is 11.5 Å². The third kappa shape index (κ3) is 3.47. The van der Waals surface area contributed by atoms with E-state index in [2.05, 4.69) is 5.32 Å². The molecule has 21 heavy (non-hydrogen) atoms. The smallest absolute Gasteiger partial charge is 0.236 e. The third-order valence-corrected chi connectivity index (χ3v) is 4.03. The number of carbonyl (C=O) groups is 1. The summed E-state index contributed by atoms with van der Waals surface area (Å²) >= 11 is 0. The van der Waals surface area contributed by atoms with Gasteiger partial charge in [0, 0.05) is 25.2 Å². The minimum absolute atomic E-state index is 0.196. The molecular weight excluding hydrogens is 268 g/mol. The summed E-state index contributed by atoms with van der Waals surface area (Å²) in [4.78, 5) is 14.2. The van der Waals surface area contributed by atoms with Crippen molar-refractivity contribution in [1.82, 2.24) is 10.2 Å². The van der Waals surface area contributed by atoms with Crippen molar-refractivity contribution in [2.24, 2.45) is 0 Å². The van der Waals surface area contributed by atoms with Crippen LogP contribution in [0.1, 0.15) is 31.2 Å². The van der Waals surface area contributed by atoms with E-state index in [4.69, 9.17) is 9.47 Å². The van der Waals surface area contributed by atoms with Gasteiger partial charge in [0.1, 0.15) is 0 Å². The molecule has 114 valence electrons. The van der Waals surface area contributed by atoms with Gasteiger partial charge in [-0.2, -0.15) is 0 Å². The number of para-hydroxylation sites is 1. The minimum Gasteiger partial charge on any atom is -0.454 e. The molecule has 5 nitrogen and oxygen atoms in total. The first kappa shape index (κ1) is 14.2. The fourth-order valence-corrected chi connectivity index (χ4v) is 2.87. The fourth-order valence-electron chi connectivity index (χ4n) is 2.87. The summed E-state index contributed by atoms with van der Waals surface area (Å²) < 4.78 is 10.8. The van der Waals surface area contributed by atoms with Crippen molar-refractivity contribution in [1.29, 1.82) is 0 Å². The van der Waals surface area contributed by atoms with Crippen LogP contribution < -0.4 is 14.8 Å². The quantitative estimate of drug-likeness (QED) is 0.920. The van der Waals surface area contributed by atoms with Gasteiger partial charge in [0.25, 0.3) is 0 Å². The van der Waals surface area contributed by atoms with E-state index in [9.17, 15) is 4.79 Å². The second-order valence-corrected chi connectivity index (χ2v) is 5.55. The van der Waals surface area contributed by atoms with Crippen molar-refractivity contribution < 1.29 is 14.3 Å². The van der Waals surface area contributed by atoms with Crippen LogP contribution in [0.3, 0.4) is 0 Å². The van der Waals surface area contributed by atoms with Crippen LogP contribution in [0.15, 0.2) is 18.2 Å².